The van der Waals surface area contributed by atoms with Crippen LogP contribution in [0.4, 0.5) is 0 Å². The van der Waals surface area contributed by atoms with Crippen LogP contribution in [0.25, 0.3) is 0 Å². The summed E-state index contributed by atoms with van der Waals surface area (Å²) in [6, 6.07) is 0. The minimum absolute atomic E-state index is 0.217. The summed E-state index contributed by atoms with van der Waals surface area (Å²) in [5.74, 6) is -0.486. The van der Waals surface area contributed by atoms with Gasteiger partial charge >= 0.3 is 5.97 Å². The summed E-state index contributed by atoms with van der Waals surface area (Å²) >= 11 is -1.99. The van der Waals surface area contributed by atoms with E-state index in [9.17, 15) is 9.00 Å². The standard InChI is InChI=1S/C6H11NO4S/c1-2-6(8)11-5-3-4-7-12(9)10/h2,7H,1,3-5H2,(H,9,10). The van der Waals surface area contributed by atoms with E-state index in [4.69, 9.17) is 4.55 Å². The van der Waals surface area contributed by atoms with Crippen LogP contribution in [0, 0.1) is 0 Å². The summed E-state index contributed by atoms with van der Waals surface area (Å²) in [5, 5.41) is 0. The molecule has 1 unspecified atom stereocenters. The average molecular weight is 193 g/mol. The summed E-state index contributed by atoms with van der Waals surface area (Å²) in [6.07, 6.45) is 1.56. The van der Waals surface area contributed by atoms with Crippen molar-refractivity contribution >= 4 is 17.2 Å². The van der Waals surface area contributed by atoms with Gasteiger partial charge in [0, 0.05) is 12.6 Å². The van der Waals surface area contributed by atoms with Crippen LogP contribution in [0.1, 0.15) is 6.42 Å². The number of rotatable bonds is 6. The molecule has 0 aromatic carbocycles. The summed E-state index contributed by atoms with van der Waals surface area (Å²) in [4.78, 5) is 10.4. The number of ether oxygens (including phenoxy) is 1. The Balaban J connectivity index is 3.16. The molecule has 5 nitrogen and oxygen atoms in total. The average Bonchev–Trinajstić information content (AvgIpc) is 2.03. The fraction of sp³-hybridized carbons (Fsp3) is 0.500. The molecule has 0 rings (SSSR count). The maximum atomic E-state index is 10.4. The van der Waals surface area contributed by atoms with Gasteiger partial charge in [0.15, 0.2) is 0 Å². The van der Waals surface area contributed by atoms with Crippen LogP contribution < -0.4 is 4.72 Å². The third kappa shape index (κ3) is 7.39. The van der Waals surface area contributed by atoms with Crippen molar-refractivity contribution < 1.29 is 18.3 Å². The van der Waals surface area contributed by atoms with Crippen LogP contribution in [0.3, 0.4) is 0 Å². The van der Waals surface area contributed by atoms with E-state index in [1.165, 1.54) is 0 Å². The highest BCUT2D eigenvalue weighted by Gasteiger charge is 1.95. The Morgan fingerprint density at radius 3 is 2.92 bits per heavy atom. The Bertz CT molecular complexity index is 182. The van der Waals surface area contributed by atoms with Crippen LogP contribution in [0.5, 0.6) is 0 Å². The number of esters is 1. The van der Waals surface area contributed by atoms with Crippen molar-refractivity contribution in [3.63, 3.8) is 0 Å². The second kappa shape index (κ2) is 6.96. The fourth-order valence-electron chi connectivity index (χ4n) is 0.463. The Morgan fingerprint density at radius 2 is 2.42 bits per heavy atom. The smallest absolute Gasteiger partial charge is 0.330 e. The molecule has 0 bridgehead atoms. The van der Waals surface area contributed by atoms with E-state index >= 15 is 0 Å². The van der Waals surface area contributed by atoms with Crippen LogP contribution >= 0.6 is 0 Å². The van der Waals surface area contributed by atoms with E-state index in [1.54, 1.807) is 0 Å². The van der Waals surface area contributed by atoms with E-state index < -0.39 is 17.2 Å². The molecular weight excluding hydrogens is 182 g/mol. The van der Waals surface area contributed by atoms with E-state index in [2.05, 4.69) is 16.0 Å². The summed E-state index contributed by atoms with van der Waals surface area (Å²) in [5.41, 5.74) is 0. The van der Waals surface area contributed by atoms with Gasteiger partial charge in [-0.1, -0.05) is 6.58 Å². The quantitative estimate of drug-likeness (QED) is 0.266. The maximum Gasteiger partial charge on any atom is 0.330 e. The first-order valence-electron chi connectivity index (χ1n) is 3.30. The molecule has 12 heavy (non-hydrogen) atoms. The van der Waals surface area contributed by atoms with Crippen molar-refractivity contribution in [1.29, 1.82) is 0 Å². The Hall–Kier alpha value is -0.720. The second-order valence-electron chi connectivity index (χ2n) is 1.87. The van der Waals surface area contributed by atoms with Crippen molar-refractivity contribution in [2.45, 2.75) is 6.42 Å². The van der Waals surface area contributed by atoms with Gasteiger partial charge in [-0.05, 0) is 6.42 Å². The van der Waals surface area contributed by atoms with Crippen LogP contribution in [-0.4, -0.2) is 27.9 Å². The lowest BCUT2D eigenvalue weighted by atomic mass is 10.5. The van der Waals surface area contributed by atoms with Gasteiger partial charge in [-0.15, -0.1) is 0 Å². The first-order valence-corrected chi connectivity index (χ1v) is 4.41. The highest BCUT2D eigenvalue weighted by atomic mass is 32.2. The van der Waals surface area contributed by atoms with Gasteiger partial charge in [-0.2, -0.15) is 0 Å². The van der Waals surface area contributed by atoms with Crippen molar-refractivity contribution in [2.75, 3.05) is 13.2 Å². The minimum atomic E-state index is -1.99. The summed E-state index contributed by atoms with van der Waals surface area (Å²) < 4.78 is 25.1. The molecule has 0 aromatic rings. The van der Waals surface area contributed by atoms with Gasteiger partial charge in [-0.25, -0.2) is 13.7 Å². The normalized spacial score (nSPS) is 12.1. The van der Waals surface area contributed by atoms with Crippen LogP contribution in [-0.2, 0) is 20.8 Å². The lowest BCUT2D eigenvalue weighted by molar-refractivity contribution is -0.137. The topological polar surface area (TPSA) is 75.6 Å². The predicted octanol–water partition coefficient (Wildman–Crippen LogP) is -0.168. The molecule has 2 N–H and O–H groups in total. The van der Waals surface area contributed by atoms with Crippen LogP contribution in [0.15, 0.2) is 12.7 Å². The zero-order valence-corrected chi connectivity index (χ0v) is 7.30. The van der Waals surface area contributed by atoms with Gasteiger partial charge in [-0.3, -0.25) is 4.55 Å². The molecule has 0 aromatic heterocycles. The monoisotopic (exact) mass is 193 g/mol. The predicted molar refractivity (Wildman–Crippen MR) is 44.5 cm³/mol. The summed E-state index contributed by atoms with van der Waals surface area (Å²) in [7, 11) is 0. The Labute approximate surface area is 73.2 Å². The molecule has 1 atom stereocenters. The lowest BCUT2D eigenvalue weighted by Gasteiger charge is -2.00. The van der Waals surface area contributed by atoms with Crippen molar-refractivity contribution in [3.05, 3.63) is 12.7 Å². The molecule has 0 fully saturated rings. The number of hydrogen-bond acceptors (Lipinski definition) is 3. The van der Waals surface area contributed by atoms with Gasteiger partial charge in [0.2, 0.25) is 11.3 Å². The summed E-state index contributed by atoms with van der Waals surface area (Å²) in [6.45, 7) is 3.75. The zero-order valence-electron chi connectivity index (χ0n) is 6.49. The third-order valence-electron chi connectivity index (χ3n) is 0.958. The van der Waals surface area contributed by atoms with E-state index in [0.29, 0.717) is 13.0 Å². The van der Waals surface area contributed by atoms with Crippen molar-refractivity contribution in [3.8, 4) is 0 Å². The molecule has 0 heterocycles. The molecular formula is C6H11NO4S. The zero-order chi connectivity index (χ0) is 9.40. The number of hydrogen-bond donors (Lipinski definition) is 2. The lowest BCUT2D eigenvalue weighted by Crippen LogP contribution is -2.19. The fourth-order valence-corrected chi connectivity index (χ4v) is 0.782. The maximum absolute atomic E-state index is 10.4. The third-order valence-corrected chi connectivity index (χ3v) is 1.41. The highest BCUT2D eigenvalue weighted by molar-refractivity contribution is 7.77. The van der Waals surface area contributed by atoms with Gasteiger partial charge < -0.3 is 4.74 Å². The van der Waals surface area contributed by atoms with Gasteiger partial charge in [0.25, 0.3) is 0 Å². The molecule has 0 saturated carbocycles. The minimum Gasteiger partial charge on any atom is -0.462 e. The van der Waals surface area contributed by atoms with Gasteiger partial charge in [0.05, 0.1) is 6.61 Å². The molecule has 0 amide bonds. The van der Waals surface area contributed by atoms with Crippen LogP contribution in [0.2, 0.25) is 0 Å². The highest BCUT2D eigenvalue weighted by Crippen LogP contribution is 1.83. The molecule has 0 aliphatic carbocycles. The Kier molecular flexibility index (Phi) is 6.54. The molecule has 0 aliphatic heterocycles. The van der Waals surface area contributed by atoms with Gasteiger partial charge in [0.1, 0.15) is 0 Å². The first-order chi connectivity index (χ1) is 5.66. The molecule has 0 radical (unpaired) electrons. The molecule has 0 aliphatic rings. The van der Waals surface area contributed by atoms with Crippen molar-refractivity contribution in [1.82, 2.24) is 4.72 Å². The van der Waals surface area contributed by atoms with E-state index in [1.807, 2.05) is 0 Å². The largest absolute Gasteiger partial charge is 0.462 e. The number of nitrogens with one attached hydrogen (secondary N) is 1. The SMILES string of the molecule is C=CC(=O)OCCCNS(=O)O. The number of carbonyl (C=O) groups is 1. The number of carbonyl (C=O) groups excluding carboxylic acids is 1. The molecule has 70 valence electrons. The molecule has 0 spiro atoms. The second-order valence-corrected chi connectivity index (χ2v) is 2.66. The Morgan fingerprint density at radius 1 is 1.75 bits per heavy atom. The van der Waals surface area contributed by atoms with E-state index in [0.717, 1.165) is 6.08 Å². The molecule has 6 heteroatoms. The first kappa shape index (κ1) is 11.3. The van der Waals surface area contributed by atoms with Crippen molar-refractivity contribution in [2.24, 2.45) is 0 Å². The molecule has 0 saturated heterocycles. The van der Waals surface area contributed by atoms with E-state index in [-0.39, 0.29) is 6.61 Å².